The Hall–Kier alpha value is -3.03. The molecule has 1 saturated heterocycles. The molecule has 0 spiro atoms. The van der Waals surface area contributed by atoms with E-state index in [0.717, 1.165) is 62.7 Å². The summed E-state index contributed by atoms with van der Waals surface area (Å²) in [6.07, 6.45) is 4.44. The quantitative estimate of drug-likeness (QED) is 0.502. The average Bonchev–Trinajstić information content (AvgIpc) is 3.71. The molecule has 7 nitrogen and oxygen atoms in total. The Morgan fingerprint density at radius 3 is 2.68 bits per heavy atom. The highest BCUT2D eigenvalue weighted by Gasteiger charge is 2.50. The predicted molar refractivity (Wildman–Crippen MR) is 127 cm³/mol. The van der Waals surface area contributed by atoms with Gasteiger partial charge in [0.25, 0.3) is 0 Å². The van der Waals surface area contributed by atoms with Gasteiger partial charge in [0, 0.05) is 37.0 Å². The summed E-state index contributed by atoms with van der Waals surface area (Å²) >= 11 is 0. The molecule has 3 aliphatic rings. The molecule has 0 bridgehead atoms. The van der Waals surface area contributed by atoms with Crippen LogP contribution in [-0.2, 0) is 12.0 Å². The highest BCUT2D eigenvalue weighted by molar-refractivity contribution is 5.87. The van der Waals surface area contributed by atoms with Crippen molar-refractivity contribution in [3.8, 4) is 0 Å². The highest BCUT2D eigenvalue weighted by atomic mass is 16.5. The maximum absolute atomic E-state index is 11.0. The highest BCUT2D eigenvalue weighted by Crippen LogP contribution is 2.48. The lowest BCUT2D eigenvalue weighted by Gasteiger charge is -2.15. The molecular weight excluding hydrogens is 428 g/mol. The molecular formula is C27H30N4O3. The second-order valence-electron chi connectivity index (χ2n) is 10.2. The van der Waals surface area contributed by atoms with E-state index in [1.54, 1.807) is 12.1 Å². The van der Waals surface area contributed by atoms with Crippen LogP contribution in [0.1, 0.15) is 70.7 Å². The summed E-state index contributed by atoms with van der Waals surface area (Å²) in [7, 11) is 0. The third-order valence-electron chi connectivity index (χ3n) is 7.72. The lowest BCUT2D eigenvalue weighted by Crippen LogP contribution is -2.30. The van der Waals surface area contributed by atoms with Crippen molar-refractivity contribution < 1.29 is 14.4 Å². The van der Waals surface area contributed by atoms with E-state index in [4.69, 9.17) is 14.6 Å². The predicted octanol–water partition coefficient (Wildman–Crippen LogP) is 3.93. The number of hydrogen-bond acceptors (Lipinski definition) is 6. The molecule has 2 heterocycles. The molecule has 2 saturated carbocycles. The topological polar surface area (TPSA) is 91.5 Å². The van der Waals surface area contributed by atoms with Gasteiger partial charge in [-0.05, 0) is 55.5 Å². The van der Waals surface area contributed by atoms with Crippen molar-refractivity contribution in [3.63, 3.8) is 0 Å². The van der Waals surface area contributed by atoms with E-state index in [-0.39, 0.29) is 11.3 Å². The van der Waals surface area contributed by atoms with Crippen molar-refractivity contribution in [1.29, 1.82) is 0 Å². The largest absolute Gasteiger partial charge is 0.478 e. The van der Waals surface area contributed by atoms with Crippen LogP contribution in [0.3, 0.4) is 0 Å². The Bertz CT molecular complexity index is 1160. The van der Waals surface area contributed by atoms with Crippen LogP contribution in [0.25, 0.3) is 0 Å². The summed E-state index contributed by atoms with van der Waals surface area (Å²) in [6.45, 7) is 3.57. The Balaban J connectivity index is 1.02. The minimum absolute atomic E-state index is 0.0375. The number of carbonyl (C=O) groups is 1. The monoisotopic (exact) mass is 458 g/mol. The van der Waals surface area contributed by atoms with Crippen LogP contribution >= 0.6 is 0 Å². The molecule has 3 atom stereocenters. The SMILES string of the molecule is O=C(O)c1ccc(CN2CCC(c3nc(C4(CN[C@H]5C[C@@H]5c5ccccc5)CC4)no3)C2)cc1. The number of hydrogen-bond donors (Lipinski definition) is 2. The van der Waals surface area contributed by atoms with E-state index in [9.17, 15) is 4.79 Å². The molecule has 1 aromatic heterocycles. The molecule has 3 fully saturated rings. The van der Waals surface area contributed by atoms with Crippen molar-refractivity contribution >= 4 is 5.97 Å². The summed E-state index contributed by atoms with van der Waals surface area (Å²) < 4.78 is 5.75. The number of nitrogens with zero attached hydrogens (tertiary/aromatic N) is 3. The van der Waals surface area contributed by atoms with Gasteiger partial charge in [-0.25, -0.2) is 4.79 Å². The van der Waals surface area contributed by atoms with Gasteiger partial charge in [0.05, 0.1) is 11.5 Å². The summed E-state index contributed by atoms with van der Waals surface area (Å²) in [5, 5.41) is 17.2. The van der Waals surface area contributed by atoms with E-state index in [1.165, 1.54) is 12.0 Å². The van der Waals surface area contributed by atoms with E-state index in [0.29, 0.717) is 17.5 Å². The first-order chi connectivity index (χ1) is 16.6. The fraction of sp³-hybridized carbons (Fsp3) is 0.444. The number of carboxylic acids is 1. The van der Waals surface area contributed by atoms with Crippen molar-refractivity contribution in [2.24, 2.45) is 0 Å². The fourth-order valence-electron chi connectivity index (χ4n) is 5.25. The van der Waals surface area contributed by atoms with Crippen LogP contribution in [0.4, 0.5) is 0 Å². The van der Waals surface area contributed by atoms with Gasteiger partial charge < -0.3 is 14.9 Å². The van der Waals surface area contributed by atoms with Crippen molar-refractivity contribution in [2.75, 3.05) is 19.6 Å². The minimum atomic E-state index is -0.892. The minimum Gasteiger partial charge on any atom is -0.478 e. The molecule has 176 valence electrons. The van der Waals surface area contributed by atoms with E-state index < -0.39 is 5.97 Å². The number of carboxylic acid groups (broad SMARTS) is 1. The van der Waals surface area contributed by atoms with Crippen molar-refractivity contribution in [1.82, 2.24) is 20.4 Å². The van der Waals surface area contributed by atoms with E-state index >= 15 is 0 Å². The Morgan fingerprint density at radius 1 is 1.15 bits per heavy atom. The van der Waals surface area contributed by atoms with Gasteiger partial charge in [0.1, 0.15) is 0 Å². The fourth-order valence-corrected chi connectivity index (χ4v) is 5.25. The van der Waals surface area contributed by atoms with Gasteiger partial charge in [-0.15, -0.1) is 0 Å². The van der Waals surface area contributed by atoms with Crippen LogP contribution in [0.5, 0.6) is 0 Å². The number of aromatic nitrogens is 2. The van der Waals surface area contributed by atoms with Gasteiger partial charge in [-0.1, -0.05) is 47.6 Å². The zero-order chi connectivity index (χ0) is 23.1. The van der Waals surface area contributed by atoms with Gasteiger partial charge in [0.2, 0.25) is 5.89 Å². The van der Waals surface area contributed by atoms with Crippen LogP contribution in [0.2, 0.25) is 0 Å². The molecule has 3 aromatic rings. The van der Waals surface area contributed by atoms with Gasteiger partial charge in [-0.3, -0.25) is 4.90 Å². The first kappa shape index (κ1) is 21.5. The molecule has 2 N–H and O–H groups in total. The summed E-state index contributed by atoms with van der Waals surface area (Å²) in [4.78, 5) is 18.3. The zero-order valence-electron chi connectivity index (χ0n) is 19.2. The van der Waals surface area contributed by atoms with Crippen LogP contribution in [-0.4, -0.2) is 51.8 Å². The molecule has 34 heavy (non-hydrogen) atoms. The van der Waals surface area contributed by atoms with Gasteiger partial charge >= 0.3 is 5.97 Å². The average molecular weight is 459 g/mol. The number of rotatable bonds is 9. The number of aromatic carboxylic acids is 1. The third-order valence-corrected chi connectivity index (χ3v) is 7.72. The maximum atomic E-state index is 11.0. The third kappa shape index (κ3) is 4.38. The molecule has 0 amide bonds. The molecule has 1 aliphatic heterocycles. The molecule has 1 unspecified atom stereocenters. The van der Waals surface area contributed by atoms with E-state index in [2.05, 4.69) is 45.7 Å². The molecule has 2 aromatic carbocycles. The van der Waals surface area contributed by atoms with Crippen molar-refractivity contribution in [3.05, 3.63) is 83.0 Å². The number of benzene rings is 2. The first-order valence-electron chi connectivity index (χ1n) is 12.3. The van der Waals surface area contributed by atoms with E-state index in [1.807, 2.05) is 12.1 Å². The molecule has 2 aliphatic carbocycles. The standard InChI is InChI=1S/C27H30N4O3/c32-25(33)20-8-6-18(7-9-20)15-31-13-10-21(16-31)24-29-26(30-34-24)27(11-12-27)17-28-23-14-22(23)19-4-2-1-3-5-19/h1-9,21-23,28H,10-17H2,(H,32,33)/t21?,22-,23+/m1/s1. The molecule has 6 rings (SSSR count). The van der Waals surface area contributed by atoms with Crippen LogP contribution in [0, 0.1) is 0 Å². The van der Waals surface area contributed by atoms with Gasteiger partial charge in [0.15, 0.2) is 5.82 Å². The zero-order valence-corrected chi connectivity index (χ0v) is 19.2. The van der Waals surface area contributed by atoms with Gasteiger partial charge in [-0.2, -0.15) is 4.98 Å². The summed E-state index contributed by atoms with van der Waals surface area (Å²) in [5.41, 5.74) is 2.90. The Kier molecular flexibility index (Phi) is 5.46. The van der Waals surface area contributed by atoms with Crippen molar-refractivity contribution in [2.45, 2.75) is 55.5 Å². The smallest absolute Gasteiger partial charge is 0.335 e. The second kappa shape index (κ2) is 8.64. The Labute approximate surface area is 199 Å². The van der Waals surface area contributed by atoms with Crippen LogP contribution in [0.15, 0.2) is 59.1 Å². The normalized spacial score (nSPS) is 25.4. The number of likely N-dealkylation sites (tertiary alicyclic amines) is 1. The maximum Gasteiger partial charge on any atom is 0.335 e. The summed E-state index contributed by atoms with van der Waals surface area (Å²) in [5.74, 6) is 1.63. The molecule has 7 heteroatoms. The lowest BCUT2D eigenvalue weighted by molar-refractivity contribution is 0.0697. The lowest BCUT2D eigenvalue weighted by atomic mass is 10.1. The molecule has 0 radical (unpaired) electrons. The Morgan fingerprint density at radius 2 is 1.94 bits per heavy atom. The first-order valence-corrected chi connectivity index (χ1v) is 12.3. The summed E-state index contributed by atoms with van der Waals surface area (Å²) in [6, 6.07) is 18.4. The second-order valence-corrected chi connectivity index (χ2v) is 10.2. The number of nitrogens with one attached hydrogen (secondary N) is 1. The van der Waals surface area contributed by atoms with Crippen LogP contribution < -0.4 is 5.32 Å².